The third kappa shape index (κ3) is 42.8. The number of hydrogen-bond acceptors (Lipinski definition) is 6. The highest BCUT2D eigenvalue weighted by molar-refractivity contribution is 5.72. The first kappa shape index (κ1) is 58.7. The number of carbonyl (C=O) groups excluding carboxylic acids is 2. The van der Waals surface area contributed by atoms with Gasteiger partial charge in [-0.1, -0.05) is 167 Å². The number of rotatable bonds is 41. The number of unbranched alkanes of at least 4 members (excludes halogenated alkanes) is 10. The Balaban J connectivity index is 4.47. The number of ether oxygens (including phenoxy) is 3. The first-order valence-corrected chi connectivity index (χ1v) is 24.1. The van der Waals surface area contributed by atoms with Gasteiger partial charge in [0.25, 0.3) is 0 Å². The number of quaternary nitrogens is 1. The average molecular weight is 875 g/mol. The number of carboxylic acid groups (broad SMARTS) is 1. The van der Waals surface area contributed by atoms with Crippen molar-refractivity contribution in [1.82, 2.24) is 0 Å². The van der Waals surface area contributed by atoms with Crippen LogP contribution in [0.1, 0.15) is 155 Å². The van der Waals surface area contributed by atoms with Crippen LogP contribution < -0.4 is 0 Å². The zero-order chi connectivity index (χ0) is 46.3. The van der Waals surface area contributed by atoms with Crippen molar-refractivity contribution < 1.29 is 38.2 Å². The minimum atomic E-state index is -0.892. The van der Waals surface area contributed by atoms with E-state index in [0.717, 1.165) is 96.3 Å². The summed E-state index contributed by atoms with van der Waals surface area (Å²) in [6, 6.07) is -0.635. The van der Waals surface area contributed by atoms with E-state index in [9.17, 15) is 19.5 Å². The molecule has 0 bridgehead atoms. The predicted octanol–water partition coefficient (Wildman–Crippen LogP) is 13.8. The van der Waals surface area contributed by atoms with Crippen LogP contribution in [-0.2, 0) is 28.6 Å². The van der Waals surface area contributed by atoms with Gasteiger partial charge in [0.15, 0.2) is 12.1 Å². The van der Waals surface area contributed by atoms with E-state index in [1.165, 1.54) is 19.3 Å². The summed E-state index contributed by atoms with van der Waals surface area (Å²) in [5, 5.41) is 9.64. The maximum Gasteiger partial charge on any atom is 0.362 e. The maximum absolute atomic E-state index is 12.8. The topological polar surface area (TPSA) is 99.1 Å². The van der Waals surface area contributed by atoms with Gasteiger partial charge in [-0.15, -0.1) is 0 Å². The van der Waals surface area contributed by atoms with E-state index in [-0.39, 0.29) is 42.7 Å². The fourth-order valence-corrected chi connectivity index (χ4v) is 6.22. The Morgan fingerprint density at radius 3 is 1.49 bits per heavy atom. The molecule has 354 valence electrons. The average Bonchev–Trinajstić information content (AvgIpc) is 3.24. The Bertz CT molecular complexity index is 1440. The molecule has 0 radical (unpaired) electrons. The molecule has 8 nitrogen and oxygen atoms in total. The van der Waals surface area contributed by atoms with Crippen molar-refractivity contribution in [2.45, 2.75) is 167 Å². The molecule has 0 saturated heterocycles. The Morgan fingerprint density at radius 2 is 0.952 bits per heavy atom. The van der Waals surface area contributed by atoms with Gasteiger partial charge in [-0.2, -0.15) is 0 Å². The number of likely N-dealkylation sites (N-methyl/N-ethyl adjacent to an activating group) is 1. The third-order valence-electron chi connectivity index (χ3n) is 9.94. The van der Waals surface area contributed by atoms with Gasteiger partial charge in [0.1, 0.15) is 6.61 Å². The van der Waals surface area contributed by atoms with Crippen LogP contribution in [0.3, 0.4) is 0 Å². The molecule has 0 saturated carbocycles. The van der Waals surface area contributed by atoms with Crippen molar-refractivity contribution in [1.29, 1.82) is 0 Å². The molecule has 0 amide bonds. The molecular weight excluding hydrogens is 787 g/mol. The lowest BCUT2D eigenvalue weighted by molar-refractivity contribution is -0.887. The van der Waals surface area contributed by atoms with Crippen LogP contribution in [0.5, 0.6) is 0 Å². The van der Waals surface area contributed by atoms with Crippen LogP contribution in [-0.4, -0.2) is 80.6 Å². The fourth-order valence-electron chi connectivity index (χ4n) is 6.22. The van der Waals surface area contributed by atoms with Crippen LogP contribution in [0, 0.1) is 0 Å². The molecule has 0 aliphatic rings. The van der Waals surface area contributed by atoms with Crippen molar-refractivity contribution in [2.75, 3.05) is 41.0 Å². The molecule has 0 aromatic carbocycles. The molecule has 0 aliphatic heterocycles. The summed E-state index contributed by atoms with van der Waals surface area (Å²) in [4.78, 5) is 37.1. The number of carboxylic acids is 1. The summed E-state index contributed by atoms with van der Waals surface area (Å²) in [5.41, 5.74) is 0. The van der Waals surface area contributed by atoms with Gasteiger partial charge in [-0.05, 0) is 89.9 Å². The second kappa shape index (κ2) is 44.3. The summed E-state index contributed by atoms with van der Waals surface area (Å²) in [7, 11) is 5.49. The largest absolute Gasteiger partial charge is 0.477 e. The van der Waals surface area contributed by atoms with Gasteiger partial charge in [-0.25, -0.2) is 4.79 Å². The molecular formula is C55H88NO7+. The second-order valence-electron chi connectivity index (χ2n) is 16.7. The summed E-state index contributed by atoms with van der Waals surface area (Å²) in [6.45, 7) is 4.49. The highest BCUT2D eigenvalue weighted by Crippen LogP contribution is 2.12. The van der Waals surface area contributed by atoms with Crippen molar-refractivity contribution in [2.24, 2.45) is 0 Å². The summed E-state index contributed by atoms with van der Waals surface area (Å²) < 4.78 is 17.2. The Morgan fingerprint density at radius 1 is 0.508 bits per heavy atom. The number of hydrogen-bond donors (Lipinski definition) is 1. The lowest BCUT2D eigenvalue weighted by Crippen LogP contribution is -2.50. The highest BCUT2D eigenvalue weighted by atomic mass is 16.6. The van der Waals surface area contributed by atoms with E-state index in [0.29, 0.717) is 19.3 Å². The van der Waals surface area contributed by atoms with Gasteiger partial charge in [0, 0.05) is 19.3 Å². The lowest BCUT2D eigenvalue weighted by Gasteiger charge is -2.31. The molecule has 0 fully saturated rings. The molecule has 0 rings (SSSR count). The Kier molecular flexibility index (Phi) is 41.3. The maximum atomic E-state index is 12.8. The van der Waals surface area contributed by atoms with Crippen molar-refractivity contribution >= 4 is 17.9 Å². The van der Waals surface area contributed by atoms with E-state index < -0.39 is 18.1 Å². The number of nitrogens with zero attached hydrogens (tertiary/aromatic N) is 1. The summed E-state index contributed by atoms with van der Waals surface area (Å²) >= 11 is 0. The van der Waals surface area contributed by atoms with Crippen molar-refractivity contribution in [3.63, 3.8) is 0 Å². The van der Waals surface area contributed by atoms with Crippen LogP contribution in [0.25, 0.3) is 0 Å². The molecule has 0 aromatic rings. The molecule has 0 heterocycles. The van der Waals surface area contributed by atoms with Crippen LogP contribution >= 0.6 is 0 Å². The van der Waals surface area contributed by atoms with Gasteiger partial charge in [0.2, 0.25) is 0 Å². The minimum absolute atomic E-state index is 0.0263. The predicted molar refractivity (Wildman–Crippen MR) is 265 cm³/mol. The molecule has 2 atom stereocenters. The first-order valence-electron chi connectivity index (χ1n) is 24.1. The van der Waals surface area contributed by atoms with E-state index >= 15 is 0 Å². The quantitative estimate of drug-likeness (QED) is 0.0215. The SMILES string of the molecule is CC/C=C/C/C=C/C/C=C/C/C=C/C/C=C/C/C=C/CCCCC(=O)OC(COCCC(C(=O)O)[N+](C)(C)C)COC(=O)CCCCCCC/C=C/C=C/C=C/C=C/CCCCC. The molecule has 8 heteroatoms. The molecule has 63 heavy (non-hydrogen) atoms. The van der Waals surface area contributed by atoms with Crippen molar-refractivity contribution in [3.05, 3.63) is 122 Å². The zero-order valence-corrected chi connectivity index (χ0v) is 40.2. The zero-order valence-electron chi connectivity index (χ0n) is 40.2. The van der Waals surface area contributed by atoms with Crippen LogP contribution in [0.2, 0.25) is 0 Å². The molecule has 1 N–H and O–H groups in total. The molecule has 0 aliphatic carbocycles. The third-order valence-corrected chi connectivity index (χ3v) is 9.94. The molecule has 0 spiro atoms. The first-order chi connectivity index (χ1) is 30.6. The number of allylic oxidation sites excluding steroid dienone is 20. The Hall–Kier alpha value is -4.27. The van der Waals surface area contributed by atoms with Crippen LogP contribution in [0.15, 0.2) is 122 Å². The minimum Gasteiger partial charge on any atom is -0.477 e. The highest BCUT2D eigenvalue weighted by Gasteiger charge is 2.31. The molecule has 2 unspecified atom stereocenters. The number of esters is 2. The Labute approximate surface area is 384 Å². The second-order valence-corrected chi connectivity index (χ2v) is 16.7. The normalized spacial score (nSPS) is 14.0. The van der Waals surface area contributed by atoms with Gasteiger partial charge in [-0.3, -0.25) is 9.59 Å². The van der Waals surface area contributed by atoms with Crippen molar-refractivity contribution in [3.8, 4) is 0 Å². The van der Waals surface area contributed by atoms with Gasteiger partial charge < -0.3 is 23.8 Å². The monoisotopic (exact) mass is 875 g/mol. The number of aliphatic carboxylic acids is 1. The molecule has 0 aromatic heterocycles. The standard InChI is InChI=1S/C55H87NO7/c1-6-8-10-12-14-16-18-20-22-24-26-27-28-30-32-34-36-38-40-42-44-46-54(58)63-51(49-61-48-47-52(55(59)60)56(3,4)5)50-62-53(57)45-43-41-39-37-35-33-31-29-25-23-21-19-17-15-13-11-9-7-2/h8,10,14-17,19-23,25-27,29-32,36,38,51-52H,6-7,9,11-13,18,24,28,33-35,37,39-50H2,1-5H3/p+1/b10-8+,16-14+,17-15+,21-19+,22-20+,25-23+,27-26+,31-29+,32-30+,38-36+. The van der Waals surface area contributed by atoms with Crippen LogP contribution in [0.4, 0.5) is 0 Å². The van der Waals surface area contributed by atoms with E-state index in [1.807, 2.05) is 27.2 Å². The van der Waals surface area contributed by atoms with E-state index in [4.69, 9.17) is 14.2 Å². The van der Waals surface area contributed by atoms with Gasteiger partial charge >= 0.3 is 17.9 Å². The summed E-state index contributed by atoms with van der Waals surface area (Å²) in [5.74, 6) is -1.57. The lowest BCUT2D eigenvalue weighted by atomic mass is 10.1. The van der Waals surface area contributed by atoms with Gasteiger partial charge in [0.05, 0.1) is 34.4 Å². The van der Waals surface area contributed by atoms with E-state index in [1.54, 1.807) is 0 Å². The smallest absolute Gasteiger partial charge is 0.362 e. The number of carbonyl (C=O) groups is 3. The summed E-state index contributed by atoms with van der Waals surface area (Å²) in [6.07, 6.45) is 62.4. The van der Waals surface area contributed by atoms with E-state index in [2.05, 4.69) is 129 Å². The fraction of sp³-hybridized carbons (Fsp3) is 0.582.